The number of anilines is 1. The molecule has 0 bridgehead atoms. The number of hydrogen-bond donors (Lipinski definition) is 1. The maximum atomic E-state index is 6.07. The van der Waals surface area contributed by atoms with E-state index in [4.69, 9.17) is 11.6 Å². The second-order valence-electron chi connectivity index (χ2n) is 4.89. The maximum absolute atomic E-state index is 6.07. The Labute approximate surface area is 113 Å². The Balaban J connectivity index is 1.96. The third-order valence-electron chi connectivity index (χ3n) is 3.35. The van der Waals surface area contributed by atoms with E-state index >= 15 is 0 Å². The second kappa shape index (κ2) is 5.82. The molecule has 1 atom stereocenters. The van der Waals surface area contributed by atoms with Gasteiger partial charge in [-0.15, -0.1) is 0 Å². The van der Waals surface area contributed by atoms with Crippen LogP contribution in [0.1, 0.15) is 5.82 Å². The molecule has 1 unspecified atom stereocenters. The molecule has 0 radical (unpaired) electrons. The average molecular weight is 270 g/mol. The van der Waals surface area contributed by atoms with Crippen LogP contribution in [-0.4, -0.2) is 66.1 Å². The monoisotopic (exact) mass is 269 g/mol. The molecule has 0 saturated carbocycles. The molecule has 0 spiro atoms. The van der Waals surface area contributed by atoms with Gasteiger partial charge in [0, 0.05) is 32.2 Å². The molecule has 100 valence electrons. The quantitative estimate of drug-likeness (QED) is 0.890. The van der Waals surface area contributed by atoms with Crippen molar-refractivity contribution in [2.24, 2.45) is 0 Å². The summed E-state index contributed by atoms with van der Waals surface area (Å²) in [4.78, 5) is 13.1. The SMILES string of the molecule is Cc1ncc(Cl)c(NCC2CN(C)CCN2C)n1. The molecule has 1 N–H and O–H groups in total. The van der Waals surface area contributed by atoms with Crippen LogP contribution in [0.5, 0.6) is 0 Å². The number of nitrogens with zero attached hydrogens (tertiary/aromatic N) is 4. The van der Waals surface area contributed by atoms with Crippen LogP contribution in [0.2, 0.25) is 5.02 Å². The molecule has 18 heavy (non-hydrogen) atoms. The number of rotatable bonds is 3. The van der Waals surface area contributed by atoms with Crippen molar-refractivity contribution in [2.75, 3.05) is 45.6 Å². The summed E-state index contributed by atoms with van der Waals surface area (Å²) in [6, 6.07) is 0.482. The van der Waals surface area contributed by atoms with Gasteiger partial charge in [-0.05, 0) is 21.0 Å². The van der Waals surface area contributed by atoms with E-state index in [0.29, 0.717) is 11.1 Å². The zero-order chi connectivity index (χ0) is 13.1. The molecule has 5 nitrogen and oxygen atoms in total. The summed E-state index contributed by atoms with van der Waals surface area (Å²) in [5.74, 6) is 1.46. The summed E-state index contributed by atoms with van der Waals surface area (Å²) in [5.41, 5.74) is 0. The van der Waals surface area contributed by atoms with Gasteiger partial charge in [0.15, 0.2) is 0 Å². The normalized spacial score (nSPS) is 22.1. The Bertz CT molecular complexity index is 411. The van der Waals surface area contributed by atoms with Crippen molar-refractivity contribution >= 4 is 17.4 Å². The van der Waals surface area contributed by atoms with Crippen LogP contribution in [0.25, 0.3) is 0 Å². The van der Waals surface area contributed by atoms with Crippen LogP contribution in [0.4, 0.5) is 5.82 Å². The maximum Gasteiger partial charge on any atom is 0.148 e. The van der Waals surface area contributed by atoms with Gasteiger partial charge in [0.25, 0.3) is 0 Å². The molecule has 0 aliphatic carbocycles. The number of piperazine rings is 1. The summed E-state index contributed by atoms with van der Waals surface area (Å²) in [6.07, 6.45) is 1.64. The lowest BCUT2D eigenvalue weighted by Gasteiger charge is -2.37. The van der Waals surface area contributed by atoms with E-state index in [1.165, 1.54) is 0 Å². The van der Waals surface area contributed by atoms with Crippen molar-refractivity contribution in [1.82, 2.24) is 19.8 Å². The number of halogens is 1. The van der Waals surface area contributed by atoms with Crippen LogP contribution >= 0.6 is 11.6 Å². The Morgan fingerprint density at radius 1 is 1.44 bits per heavy atom. The molecule has 1 saturated heterocycles. The van der Waals surface area contributed by atoms with Crippen LogP contribution in [0.3, 0.4) is 0 Å². The Kier molecular flexibility index (Phi) is 4.37. The van der Waals surface area contributed by atoms with E-state index in [1.54, 1.807) is 6.20 Å². The Morgan fingerprint density at radius 3 is 3.00 bits per heavy atom. The van der Waals surface area contributed by atoms with E-state index in [0.717, 1.165) is 37.8 Å². The van der Waals surface area contributed by atoms with Crippen molar-refractivity contribution in [2.45, 2.75) is 13.0 Å². The standard InChI is InChI=1S/C12H20ClN5/c1-9-14-7-11(13)12(16-9)15-6-10-8-17(2)4-5-18(10)3/h7,10H,4-6,8H2,1-3H3,(H,14,15,16). The molecule has 1 fully saturated rings. The molecule has 1 aliphatic heterocycles. The van der Waals surface area contributed by atoms with Crippen LogP contribution in [0, 0.1) is 6.92 Å². The van der Waals surface area contributed by atoms with Crippen molar-refractivity contribution < 1.29 is 0 Å². The van der Waals surface area contributed by atoms with Gasteiger partial charge in [-0.3, -0.25) is 4.90 Å². The Morgan fingerprint density at radius 2 is 2.22 bits per heavy atom. The van der Waals surface area contributed by atoms with Gasteiger partial charge in [-0.25, -0.2) is 9.97 Å². The average Bonchev–Trinajstić information content (AvgIpc) is 2.34. The van der Waals surface area contributed by atoms with E-state index < -0.39 is 0 Å². The molecular formula is C12H20ClN5. The van der Waals surface area contributed by atoms with Crippen molar-refractivity contribution in [1.29, 1.82) is 0 Å². The molecule has 2 heterocycles. The number of aryl methyl sites for hydroxylation is 1. The predicted octanol–water partition coefficient (Wildman–Crippen LogP) is 1.10. The third-order valence-corrected chi connectivity index (χ3v) is 3.63. The molecule has 1 aromatic heterocycles. The number of aromatic nitrogens is 2. The lowest BCUT2D eigenvalue weighted by Crippen LogP contribution is -2.52. The summed E-state index contributed by atoms with van der Waals surface area (Å²) in [6.45, 7) is 5.99. The first-order valence-electron chi connectivity index (χ1n) is 6.18. The number of likely N-dealkylation sites (N-methyl/N-ethyl adjacent to an activating group) is 2. The minimum Gasteiger partial charge on any atom is -0.367 e. The first-order chi connectivity index (χ1) is 8.56. The molecule has 1 aromatic rings. The fourth-order valence-electron chi connectivity index (χ4n) is 2.12. The molecular weight excluding hydrogens is 250 g/mol. The first kappa shape index (κ1) is 13.5. The van der Waals surface area contributed by atoms with Crippen molar-refractivity contribution in [3.63, 3.8) is 0 Å². The summed E-state index contributed by atoms with van der Waals surface area (Å²) >= 11 is 6.07. The third kappa shape index (κ3) is 3.31. The largest absolute Gasteiger partial charge is 0.367 e. The van der Waals surface area contributed by atoms with Crippen LogP contribution < -0.4 is 5.32 Å². The number of nitrogens with one attached hydrogen (secondary N) is 1. The van der Waals surface area contributed by atoms with E-state index in [1.807, 2.05) is 6.92 Å². The van der Waals surface area contributed by atoms with Gasteiger partial charge in [0.1, 0.15) is 16.7 Å². The van der Waals surface area contributed by atoms with Crippen molar-refractivity contribution in [3.8, 4) is 0 Å². The summed E-state index contributed by atoms with van der Waals surface area (Å²) in [7, 11) is 4.31. The lowest BCUT2D eigenvalue weighted by molar-refractivity contribution is 0.122. The minimum atomic E-state index is 0.482. The Hall–Kier alpha value is -0.910. The van der Waals surface area contributed by atoms with Gasteiger partial charge in [-0.1, -0.05) is 11.6 Å². The topological polar surface area (TPSA) is 44.3 Å². The highest BCUT2D eigenvalue weighted by molar-refractivity contribution is 6.32. The zero-order valence-corrected chi connectivity index (χ0v) is 11.9. The highest BCUT2D eigenvalue weighted by Gasteiger charge is 2.22. The van der Waals surface area contributed by atoms with Gasteiger partial charge < -0.3 is 10.2 Å². The van der Waals surface area contributed by atoms with Gasteiger partial charge in [-0.2, -0.15) is 0 Å². The first-order valence-corrected chi connectivity index (χ1v) is 6.56. The smallest absolute Gasteiger partial charge is 0.148 e. The summed E-state index contributed by atoms with van der Waals surface area (Å²) < 4.78 is 0. The zero-order valence-electron chi connectivity index (χ0n) is 11.1. The predicted molar refractivity (Wildman–Crippen MR) is 74.2 cm³/mol. The molecule has 6 heteroatoms. The van der Waals surface area contributed by atoms with E-state index in [9.17, 15) is 0 Å². The van der Waals surface area contributed by atoms with E-state index in [2.05, 4.69) is 39.2 Å². The van der Waals surface area contributed by atoms with Crippen LogP contribution in [-0.2, 0) is 0 Å². The molecule has 0 aromatic carbocycles. The van der Waals surface area contributed by atoms with E-state index in [-0.39, 0.29) is 0 Å². The van der Waals surface area contributed by atoms with Gasteiger partial charge >= 0.3 is 0 Å². The van der Waals surface area contributed by atoms with Crippen molar-refractivity contribution in [3.05, 3.63) is 17.0 Å². The fourth-order valence-corrected chi connectivity index (χ4v) is 2.27. The highest BCUT2D eigenvalue weighted by Crippen LogP contribution is 2.18. The van der Waals surface area contributed by atoms with Gasteiger partial charge in [0.2, 0.25) is 0 Å². The molecule has 0 amide bonds. The minimum absolute atomic E-state index is 0.482. The lowest BCUT2D eigenvalue weighted by atomic mass is 10.2. The van der Waals surface area contributed by atoms with Crippen LogP contribution in [0.15, 0.2) is 6.20 Å². The summed E-state index contributed by atoms with van der Waals surface area (Å²) in [5, 5.41) is 3.90. The second-order valence-corrected chi connectivity index (χ2v) is 5.30. The van der Waals surface area contributed by atoms with Gasteiger partial charge in [0.05, 0.1) is 6.20 Å². The molecule has 2 rings (SSSR count). The number of hydrogen-bond acceptors (Lipinski definition) is 5. The highest BCUT2D eigenvalue weighted by atomic mass is 35.5. The fraction of sp³-hybridized carbons (Fsp3) is 0.667. The molecule has 1 aliphatic rings.